The summed E-state index contributed by atoms with van der Waals surface area (Å²) in [5.41, 5.74) is 0. The summed E-state index contributed by atoms with van der Waals surface area (Å²) in [6.07, 6.45) is 1.47. The zero-order valence-corrected chi connectivity index (χ0v) is 15.5. The summed E-state index contributed by atoms with van der Waals surface area (Å²) in [6.45, 7) is 5.38. The monoisotopic (exact) mass is 371 g/mol. The van der Waals surface area contributed by atoms with E-state index >= 15 is 0 Å². The largest absolute Gasteiger partial charge is 0.480 e. The van der Waals surface area contributed by atoms with Crippen LogP contribution in [0.5, 0.6) is 0 Å². The van der Waals surface area contributed by atoms with Crippen molar-refractivity contribution in [2.24, 2.45) is 5.92 Å². The van der Waals surface area contributed by atoms with Crippen LogP contribution in [0.3, 0.4) is 0 Å². The third-order valence-corrected chi connectivity index (χ3v) is 6.02. The molecule has 0 aromatic heterocycles. The van der Waals surface area contributed by atoms with E-state index in [4.69, 9.17) is 5.11 Å². The lowest BCUT2D eigenvalue weighted by Crippen LogP contribution is -2.52. The molecule has 0 aliphatic carbocycles. The molecule has 25 heavy (non-hydrogen) atoms. The fourth-order valence-electron chi connectivity index (χ4n) is 3.24. The molecule has 0 aromatic rings. The molecule has 0 spiro atoms. The molecule has 2 aliphatic heterocycles. The van der Waals surface area contributed by atoms with Gasteiger partial charge in [0.1, 0.15) is 12.1 Å². The van der Waals surface area contributed by atoms with E-state index in [-0.39, 0.29) is 29.1 Å². The van der Waals surface area contributed by atoms with Crippen molar-refractivity contribution in [3.05, 3.63) is 0 Å². The third kappa shape index (κ3) is 4.45. The number of hydrogen-bond donors (Lipinski definition) is 3. The molecule has 2 fully saturated rings. The molecule has 2 rings (SSSR count). The van der Waals surface area contributed by atoms with Crippen molar-refractivity contribution in [1.82, 2.24) is 15.5 Å². The van der Waals surface area contributed by atoms with Crippen molar-refractivity contribution in [3.63, 3.8) is 0 Å². The van der Waals surface area contributed by atoms with E-state index in [9.17, 15) is 19.2 Å². The van der Waals surface area contributed by atoms with Gasteiger partial charge in [0.25, 0.3) is 0 Å². The topological polar surface area (TPSA) is 116 Å². The maximum absolute atomic E-state index is 12.4. The first-order valence-corrected chi connectivity index (χ1v) is 9.38. The molecule has 2 unspecified atom stereocenters. The van der Waals surface area contributed by atoms with E-state index in [0.717, 1.165) is 6.42 Å². The molecule has 0 bridgehead atoms. The maximum Gasteiger partial charge on any atom is 0.326 e. The molecule has 8 nitrogen and oxygen atoms in total. The highest BCUT2D eigenvalue weighted by atomic mass is 32.2. The first kappa shape index (κ1) is 19.6. The van der Waals surface area contributed by atoms with Crippen LogP contribution in [-0.2, 0) is 19.2 Å². The van der Waals surface area contributed by atoms with Crippen LogP contribution >= 0.6 is 11.8 Å². The van der Waals surface area contributed by atoms with E-state index in [1.165, 1.54) is 0 Å². The Bertz CT molecular complexity index is 582. The average molecular weight is 371 g/mol. The van der Waals surface area contributed by atoms with Crippen molar-refractivity contribution < 1.29 is 24.3 Å². The van der Waals surface area contributed by atoms with Crippen LogP contribution in [0, 0.1) is 5.92 Å². The lowest BCUT2D eigenvalue weighted by Gasteiger charge is -2.29. The molecule has 140 valence electrons. The van der Waals surface area contributed by atoms with Crippen LogP contribution in [0.15, 0.2) is 0 Å². The van der Waals surface area contributed by atoms with Gasteiger partial charge in [-0.3, -0.25) is 14.4 Å². The first-order chi connectivity index (χ1) is 11.6. The van der Waals surface area contributed by atoms with Crippen molar-refractivity contribution >= 4 is 35.5 Å². The molecule has 2 aliphatic rings. The number of fused-ring (bicyclic) bond motifs is 1. The van der Waals surface area contributed by atoms with Crippen molar-refractivity contribution in [2.45, 2.75) is 57.0 Å². The number of carboxylic acid groups (broad SMARTS) is 1. The summed E-state index contributed by atoms with van der Waals surface area (Å²) in [4.78, 5) is 48.8. The number of carbonyl (C=O) groups excluding carboxylic acids is 3. The first-order valence-electron chi connectivity index (χ1n) is 8.40. The molecule has 2 heterocycles. The van der Waals surface area contributed by atoms with Crippen molar-refractivity contribution in [2.75, 3.05) is 12.3 Å². The Morgan fingerprint density at radius 3 is 2.68 bits per heavy atom. The quantitative estimate of drug-likeness (QED) is 0.588. The van der Waals surface area contributed by atoms with Gasteiger partial charge in [0.05, 0.1) is 11.4 Å². The lowest BCUT2D eigenvalue weighted by atomic mass is 10.0. The average Bonchev–Trinajstić information content (AvgIpc) is 3.00. The van der Waals surface area contributed by atoms with E-state index in [0.29, 0.717) is 18.6 Å². The standard InChI is InChI=1S/C16H25N3O5S/c1-9(2)6-10(15(23)24)18-12(20)7-17-14(22)11-8-25-16(3)5-4-13(21)19(11)16/h9-11H,4-8H2,1-3H3,(H,17,22)(H,18,20)(H,23,24)/t10-,11?,16?/m0/s1. The molecule has 3 atom stereocenters. The summed E-state index contributed by atoms with van der Waals surface area (Å²) >= 11 is 1.58. The van der Waals surface area contributed by atoms with Crippen LogP contribution in [0.25, 0.3) is 0 Å². The number of nitrogens with zero attached hydrogens (tertiary/aromatic N) is 1. The number of aliphatic carboxylic acids is 1. The Kier molecular flexibility index (Phi) is 5.97. The molecule has 2 saturated heterocycles. The van der Waals surface area contributed by atoms with Crippen LogP contribution in [0.2, 0.25) is 0 Å². The van der Waals surface area contributed by atoms with E-state index in [2.05, 4.69) is 10.6 Å². The molecule has 9 heteroatoms. The second-order valence-corrected chi connectivity index (χ2v) is 8.57. The molecular formula is C16H25N3O5S. The van der Waals surface area contributed by atoms with Crippen molar-refractivity contribution in [3.8, 4) is 0 Å². The predicted octanol–water partition coefficient (Wildman–Crippen LogP) is 0.172. The van der Waals surface area contributed by atoms with Gasteiger partial charge in [0.15, 0.2) is 0 Å². The van der Waals surface area contributed by atoms with Crippen LogP contribution in [0.4, 0.5) is 0 Å². The lowest BCUT2D eigenvalue weighted by molar-refractivity contribution is -0.142. The Balaban J connectivity index is 1.86. The summed E-state index contributed by atoms with van der Waals surface area (Å²) in [7, 11) is 0. The number of thioether (sulfide) groups is 1. The highest BCUT2D eigenvalue weighted by Crippen LogP contribution is 2.47. The number of rotatable bonds is 7. The second-order valence-electron chi connectivity index (χ2n) is 7.07. The van der Waals surface area contributed by atoms with E-state index < -0.39 is 24.0 Å². The molecule has 0 saturated carbocycles. The molecule has 3 amide bonds. The van der Waals surface area contributed by atoms with Gasteiger partial charge in [-0.2, -0.15) is 0 Å². The zero-order chi connectivity index (χ0) is 18.8. The van der Waals surface area contributed by atoms with Gasteiger partial charge in [0, 0.05) is 12.2 Å². The summed E-state index contributed by atoms with van der Waals surface area (Å²) < 4.78 is 0. The highest BCUT2D eigenvalue weighted by molar-refractivity contribution is 8.01. The number of amides is 3. The number of carbonyl (C=O) groups is 4. The summed E-state index contributed by atoms with van der Waals surface area (Å²) in [5, 5.41) is 14.1. The molecule has 0 radical (unpaired) electrons. The third-order valence-electron chi connectivity index (χ3n) is 4.51. The van der Waals surface area contributed by atoms with Crippen molar-refractivity contribution in [1.29, 1.82) is 0 Å². The van der Waals surface area contributed by atoms with Gasteiger partial charge in [-0.1, -0.05) is 13.8 Å². The second kappa shape index (κ2) is 7.63. The van der Waals surface area contributed by atoms with Crippen LogP contribution in [-0.4, -0.2) is 62.9 Å². The fraction of sp³-hybridized carbons (Fsp3) is 0.750. The van der Waals surface area contributed by atoms with Crippen LogP contribution in [0.1, 0.15) is 40.0 Å². The number of hydrogen-bond acceptors (Lipinski definition) is 5. The zero-order valence-electron chi connectivity index (χ0n) is 14.7. The van der Waals surface area contributed by atoms with Gasteiger partial charge >= 0.3 is 5.97 Å². The minimum absolute atomic E-state index is 0.0417. The normalized spacial score (nSPS) is 26.5. The Morgan fingerprint density at radius 1 is 1.40 bits per heavy atom. The smallest absolute Gasteiger partial charge is 0.326 e. The Labute approximate surface area is 151 Å². The summed E-state index contributed by atoms with van der Waals surface area (Å²) in [6, 6.07) is -1.56. The minimum atomic E-state index is -1.10. The van der Waals surface area contributed by atoms with Gasteiger partial charge in [-0.25, -0.2) is 4.79 Å². The maximum atomic E-state index is 12.4. The number of carboxylic acids is 1. The predicted molar refractivity (Wildman–Crippen MR) is 92.8 cm³/mol. The van der Waals surface area contributed by atoms with Gasteiger partial charge in [0.2, 0.25) is 17.7 Å². The van der Waals surface area contributed by atoms with Gasteiger partial charge in [-0.05, 0) is 25.7 Å². The van der Waals surface area contributed by atoms with Gasteiger partial charge < -0.3 is 20.6 Å². The highest BCUT2D eigenvalue weighted by Gasteiger charge is 2.52. The number of nitrogens with one attached hydrogen (secondary N) is 2. The SMILES string of the molecule is CC(C)C[C@H](NC(=O)CNC(=O)C1CSC2(C)CCC(=O)N12)C(=O)O. The molecule has 3 N–H and O–H groups in total. The van der Waals surface area contributed by atoms with Crippen LogP contribution < -0.4 is 10.6 Å². The Hall–Kier alpha value is -1.77. The fourth-order valence-corrected chi connectivity index (χ4v) is 4.67. The van der Waals surface area contributed by atoms with E-state index in [1.807, 2.05) is 20.8 Å². The minimum Gasteiger partial charge on any atom is -0.480 e. The van der Waals surface area contributed by atoms with Gasteiger partial charge in [-0.15, -0.1) is 11.8 Å². The summed E-state index contributed by atoms with van der Waals surface area (Å²) in [5.74, 6) is -1.45. The molecular weight excluding hydrogens is 346 g/mol. The van der Waals surface area contributed by atoms with E-state index in [1.54, 1.807) is 16.7 Å². The Morgan fingerprint density at radius 2 is 2.08 bits per heavy atom. The molecule has 0 aromatic carbocycles.